The molecule has 0 aliphatic carbocycles. The maximum Gasteiger partial charge on any atom is 0.191 e. The molecule has 0 fully saturated rings. The van der Waals surface area contributed by atoms with E-state index in [2.05, 4.69) is 20.6 Å². The fourth-order valence-electron chi connectivity index (χ4n) is 2.33. The summed E-state index contributed by atoms with van der Waals surface area (Å²) in [7, 11) is 1.73. The Labute approximate surface area is 170 Å². The third kappa shape index (κ3) is 7.19. The Bertz CT molecular complexity index is 709. The van der Waals surface area contributed by atoms with Gasteiger partial charge in [0.1, 0.15) is 5.82 Å². The van der Waals surface area contributed by atoms with E-state index in [1.54, 1.807) is 24.9 Å². The number of nitrogens with one attached hydrogen (secondary N) is 2. The van der Waals surface area contributed by atoms with Gasteiger partial charge in [0.05, 0.1) is 12.2 Å². The summed E-state index contributed by atoms with van der Waals surface area (Å²) in [5.74, 6) is 1.28. The number of rotatable bonds is 6. The second-order valence-corrected chi connectivity index (χ2v) is 6.26. The molecule has 0 unspecified atom stereocenters. The van der Waals surface area contributed by atoms with E-state index < -0.39 is 0 Å². The molecule has 2 rings (SSSR count). The molecular formula is C18H24FIN4S. The fourth-order valence-corrected chi connectivity index (χ4v) is 2.91. The van der Waals surface area contributed by atoms with Crippen LogP contribution in [0.2, 0.25) is 0 Å². The highest BCUT2D eigenvalue weighted by Crippen LogP contribution is 2.16. The van der Waals surface area contributed by atoms with Crippen LogP contribution < -0.4 is 10.6 Å². The van der Waals surface area contributed by atoms with Crippen LogP contribution in [0.25, 0.3) is 0 Å². The first kappa shape index (κ1) is 21.7. The van der Waals surface area contributed by atoms with E-state index in [-0.39, 0.29) is 29.8 Å². The zero-order valence-electron chi connectivity index (χ0n) is 14.7. The minimum Gasteiger partial charge on any atom is -0.352 e. The number of hydrogen-bond acceptors (Lipinski definition) is 3. The molecule has 1 heterocycles. The summed E-state index contributed by atoms with van der Waals surface area (Å²) in [6.07, 6.45) is 2.01. The van der Waals surface area contributed by atoms with Gasteiger partial charge in [0.2, 0.25) is 0 Å². The number of guanidine groups is 1. The molecule has 1 aromatic heterocycles. The maximum atomic E-state index is 13.4. The topological polar surface area (TPSA) is 49.3 Å². The van der Waals surface area contributed by atoms with Crippen molar-refractivity contribution in [1.29, 1.82) is 0 Å². The summed E-state index contributed by atoms with van der Waals surface area (Å²) in [5.41, 5.74) is 4.03. The Morgan fingerprint density at radius 2 is 1.92 bits per heavy atom. The molecule has 4 nitrogen and oxygen atoms in total. The van der Waals surface area contributed by atoms with Gasteiger partial charge in [-0.05, 0) is 48.6 Å². The number of nitrogens with zero attached hydrogens (tertiary/aromatic N) is 2. The van der Waals surface area contributed by atoms with Crippen LogP contribution in [0.5, 0.6) is 0 Å². The summed E-state index contributed by atoms with van der Waals surface area (Å²) in [4.78, 5) is 8.68. The van der Waals surface area contributed by atoms with Crippen LogP contribution in [-0.4, -0.2) is 24.2 Å². The molecule has 0 saturated heterocycles. The summed E-state index contributed by atoms with van der Waals surface area (Å²) in [6, 6.07) is 10.8. The molecule has 1 aromatic carbocycles. The van der Waals surface area contributed by atoms with Gasteiger partial charge in [-0.2, -0.15) is 11.8 Å². The highest BCUT2D eigenvalue weighted by atomic mass is 127. The van der Waals surface area contributed by atoms with Crippen molar-refractivity contribution in [3.8, 4) is 0 Å². The highest BCUT2D eigenvalue weighted by molar-refractivity contribution is 14.0. The van der Waals surface area contributed by atoms with Crippen LogP contribution in [-0.2, 0) is 18.8 Å². The molecule has 0 radical (unpaired) electrons. The lowest BCUT2D eigenvalue weighted by molar-refractivity contribution is 0.625. The summed E-state index contributed by atoms with van der Waals surface area (Å²) >= 11 is 1.68. The van der Waals surface area contributed by atoms with Crippen LogP contribution in [0.3, 0.4) is 0 Å². The van der Waals surface area contributed by atoms with Crippen molar-refractivity contribution < 1.29 is 4.39 Å². The van der Waals surface area contributed by atoms with E-state index in [1.807, 2.05) is 37.4 Å². The van der Waals surface area contributed by atoms with Crippen molar-refractivity contribution >= 4 is 41.7 Å². The SMILES string of the molecule is CN=C(NCc1cccc(C)n1)NCc1ccc(F)cc1CSC.I. The van der Waals surface area contributed by atoms with Crippen molar-refractivity contribution in [2.45, 2.75) is 25.8 Å². The lowest BCUT2D eigenvalue weighted by atomic mass is 10.1. The van der Waals surface area contributed by atoms with Crippen LogP contribution in [0.15, 0.2) is 41.4 Å². The van der Waals surface area contributed by atoms with E-state index in [1.165, 1.54) is 6.07 Å². The second kappa shape index (κ2) is 11.3. The maximum absolute atomic E-state index is 13.4. The number of benzene rings is 1. The van der Waals surface area contributed by atoms with Crippen molar-refractivity contribution in [1.82, 2.24) is 15.6 Å². The smallest absolute Gasteiger partial charge is 0.191 e. The molecule has 2 N–H and O–H groups in total. The van der Waals surface area contributed by atoms with Crippen LogP contribution in [0, 0.1) is 12.7 Å². The standard InChI is InChI=1S/C18H23FN4S.HI/c1-13-5-4-6-17(23-13)11-22-18(20-2)21-10-14-7-8-16(19)9-15(14)12-24-3;/h4-9H,10-12H2,1-3H3,(H2,20,21,22);1H. The van der Waals surface area contributed by atoms with Crippen LogP contribution in [0.4, 0.5) is 4.39 Å². The number of aromatic nitrogens is 1. The van der Waals surface area contributed by atoms with E-state index in [0.29, 0.717) is 19.0 Å². The molecule has 136 valence electrons. The van der Waals surface area contributed by atoms with Crippen molar-refractivity contribution in [2.75, 3.05) is 13.3 Å². The number of pyridine rings is 1. The van der Waals surface area contributed by atoms with Crippen LogP contribution in [0.1, 0.15) is 22.5 Å². The molecule has 0 spiro atoms. The normalized spacial score (nSPS) is 11.0. The Balaban J connectivity index is 0.00000312. The molecule has 0 saturated carbocycles. The minimum atomic E-state index is -0.198. The Kier molecular flexibility index (Phi) is 9.81. The lowest BCUT2D eigenvalue weighted by Gasteiger charge is -2.14. The van der Waals surface area contributed by atoms with E-state index in [0.717, 1.165) is 28.3 Å². The highest BCUT2D eigenvalue weighted by Gasteiger charge is 2.06. The van der Waals surface area contributed by atoms with Gasteiger partial charge in [0.15, 0.2) is 5.96 Å². The van der Waals surface area contributed by atoms with E-state index >= 15 is 0 Å². The van der Waals surface area contributed by atoms with Gasteiger partial charge in [0.25, 0.3) is 0 Å². The van der Waals surface area contributed by atoms with Crippen molar-refractivity contribution in [2.24, 2.45) is 4.99 Å². The summed E-state index contributed by atoms with van der Waals surface area (Å²) < 4.78 is 13.4. The number of hydrogen-bond donors (Lipinski definition) is 2. The first-order valence-electron chi connectivity index (χ1n) is 7.75. The Morgan fingerprint density at radius 3 is 2.60 bits per heavy atom. The number of halogens is 2. The van der Waals surface area contributed by atoms with E-state index in [9.17, 15) is 4.39 Å². The molecule has 0 aliphatic rings. The van der Waals surface area contributed by atoms with Gasteiger partial charge in [-0.25, -0.2) is 4.39 Å². The van der Waals surface area contributed by atoms with Crippen LogP contribution >= 0.6 is 35.7 Å². The molecule has 7 heteroatoms. The predicted molar refractivity (Wildman–Crippen MR) is 115 cm³/mol. The summed E-state index contributed by atoms with van der Waals surface area (Å²) in [5, 5.41) is 6.51. The van der Waals surface area contributed by atoms with Gasteiger partial charge in [-0.15, -0.1) is 24.0 Å². The quantitative estimate of drug-likeness (QED) is 0.379. The fraction of sp³-hybridized carbons (Fsp3) is 0.333. The molecule has 0 aliphatic heterocycles. The third-order valence-corrected chi connectivity index (χ3v) is 4.12. The van der Waals surface area contributed by atoms with Gasteiger partial charge in [-0.3, -0.25) is 9.98 Å². The molecule has 25 heavy (non-hydrogen) atoms. The average Bonchev–Trinajstić information content (AvgIpc) is 2.57. The van der Waals surface area contributed by atoms with Gasteiger partial charge in [-0.1, -0.05) is 12.1 Å². The first-order chi connectivity index (χ1) is 11.6. The zero-order chi connectivity index (χ0) is 17.4. The largest absolute Gasteiger partial charge is 0.352 e. The monoisotopic (exact) mass is 474 g/mol. The van der Waals surface area contributed by atoms with Crippen molar-refractivity contribution in [3.05, 3.63) is 64.7 Å². The van der Waals surface area contributed by atoms with Gasteiger partial charge >= 0.3 is 0 Å². The zero-order valence-corrected chi connectivity index (χ0v) is 17.8. The first-order valence-corrected chi connectivity index (χ1v) is 9.15. The van der Waals surface area contributed by atoms with Gasteiger partial charge < -0.3 is 10.6 Å². The molecule has 0 bridgehead atoms. The molecule has 2 aromatic rings. The summed E-state index contributed by atoms with van der Waals surface area (Å²) in [6.45, 7) is 3.16. The predicted octanol–water partition coefficient (Wildman–Crippen LogP) is 3.88. The lowest BCUT2D eigenvalue weighted by Crippen LogP contribution is -2.36. The third-order valence-electron chi connectivity index (χ3n) is 3.52. The molecule has 0 amide bonds. The Morgan fingerprint density at radius 1 is 1.16 bits per heavy atom. The van der Waals surface area contributed by atoms with E-state index in [4.69, 9.17) is 0 Å². The number of aliphatic imine (C=N–C) groups is 1. The number of aryl methyl sites for hydroxylation is 1. The average molecular weight is 474 g/mol. The number of thioether (sulfide) groups is 1. The molecule has 0 atom stereocenters. The minimum absolute atomic E-state index is 0. The second-order valence-electron chi connectivity index (χ2n) is 5.40. The van der Waals surface area contributed by atoms with Gasteiger partial charge in [0, 0.05) is 25.0 Å². The Hall–Kier alpha value is -1.35. The van der Waals surface area contributed by atoms with Crippen molar-refractivity contribution in [3.63, 3.8) is 0 Å². The molecular weight excluding hydrogens is 450 g/mol.